The SMILES string of the molecule is Cc1ccc(N2CCC(N(C)CCC(N)=O)CC2)cc1Cl. The highest BCUT2D eigenvalue weighted by Gasteiger charge is 2.22. The first-order valence-electron chi connectivity index (χ1n) is 7.47. The van der Waals surface area contributed by atoms with Crippen LogP contribution in [0.1, 0.15) is 24.8 Å². The molecule has 0 saturated carbocycles. The molecule has 21 heavy (non-hydrogen) atoms. The summed E-state index contributed by atoms with van der Waals surface area (Å²) in [4.78, 5) is 15.5. The maximum Gasteiger partial charge on any atom is 0.218 e. The van der Waals surface area contributed by atoms with Crippen molar-refractivity contribution in [3.8, 4) is 0 Å². The highest BCUT2D eigenvalue weighted by molar-refractivity contribution is 6.31. The molecule has 0 spiro atoms. The van der Waals surface area contributed by atoms with Gasteiger partial charge in [0.15, 0.2) is 0 Å². The van der Waals surface area contributed by atoms with Gasteiger partial charge >= 0.3 is 0 Å². The van der Waals surface area contributed by atoms with E-state index in [1.165, 1.54) is 5.69 Å². The molecule has 2 N–H and O–H groups in total. The summed E-state index contributed by atoms with van der Waals surface area (Å²) in [5.41, 5.74) is 7.52. The van der Waals surface area contributed by atoms with Crippen LogP contribution in [0.5, 0.6) is 0 Å². The minimum atomic E-state index is -0.228. The van der Waals surface area contributed by atoms with Crippen molar-refractivity contribution >= 4 is 23.2 Å². The first-order chi connectivity index (χ1) is 9.97. The second-order valence-electron chi connectivity index (χ2n) is 5.85. The Morgan fingerprint density at radius 2 is 2.10 bits per heavy atom. The van der Waals surface area contributed by atoms with Gasteiger partial charge in [-0.3, -0.25) is 4.79 Å². The maximum atomic E-state index is 10.9. The zero-order valence-corrected chi connectivity index (χ0v) is 13.6. The molecule has 1 aromatic carbocycles. The number of primary amides is 1. The Morgan fingerprint density at radius 1 is 1.43 bits per heavy atom. The van der Waals surface area contributed by atoms with Gasteiger partial charge in [-0.05, 0) is 44.5 Å². The van der Waals surface area contributed by atoms with Crippen molar-refractivity contribution in [1.29, 1.82) is 0 Å². The fourth-order valence-electron chi connectivity index (χ4n) is 2.81. The summed E-state index contributed by atoms with van der Waals surface area (Å²) >= 11 is 6.20. The van der Waals surface area contributed by atoms with Crippen molar-refractivity contribution in [1.82, 2.24) is 4.90 Å². The Hall–Kier alpha value is -1.26. The van der Waals surface area contributed by atoms with Crippen LogP contribution in [0.3, 0.4) is 0 Å². The first kappa shape index (κ1) is 16.1. The number of amides is 1. The van der Waals surface area contributed by atoms with Gasteiger partial charge < -0.3 is 15.5 Å². The van der Waals surface area contributed by atoms with Crippen molar-refractivity contribution in [2.24, 2.45) is 5.73 Å². The van der Waals surface area contributed by atoms with E-state index in [4.69, 9.17) is 17.3 Å². The molecule has 1 fully saturated rings. The molecule has 1 saturated heterocycles. The van der Waals surface area contributed by atoms with Crippen molar-refractivity contribution < 1.29 is 4.79 Å². The Labute approximate surface area is 131 Å². The molecular formula is C16H24ClN3O. The summed E-state index contributed by atoms with van der Waals surface area (Å²) in [6, 6.07) is 6.79. The number of nitrogens with zero attached hydrogens (tertiary/aromatic N) is 2. The number of piperidine rings is 1. The largest absolute Gasteiger partial charge is 0.371 e. The molecule has 0 aliphatic carbocycles. The molecule has 0 atom stereocenters. The topological polar surface area (TPSA) is 49.6 Å². The predicted molar refractivity (Wildman–Crippen MR) is 87.9 cm³/mol. The highest BCUT2D eigenvalue weighted by Crippen LogP contribution is 2.26. The molecule has 0 bridgehead atoms. The van der Waals surface area contributed by atoms with Gasteiger partial charge in [-0.25, -0.2) is 0 Å². The lowest BCUT2D eigenvalue weighted by molar-refractivity contribution is -0.118. The summed E-state index contributed by atoms with van der Waals surface area (Å²) in [6.07, 6.45) is 2.63. The number of hydrogen-bond donors (Lipinski definition) is 1. The van der Waals surface area contributed by atoms with E-state index < -0.39 is 0 Å². The lowest BCUT2D eigenvalue weighted by Gasteiger charge is -2.38. The lowest BCUT2D eigenvalue weighted by Crippen LogP contribution is -2.44. The average molecular weight is 310 g/mol. The molecule has 4 nitrogen and oxygen atoms in total. The van der Waals surface area contributed by atoms with Gasteiger partial charge in [-0.2, -0.15) is 0 Å². The molecule has 2 rings (SSSR count). The fourth-order valence-corrected chi connectivity index (χ4v) is 2.99. The van der Waals surface area contributed by atoms with E-state index in [1.807, 2.05) is 13.0 Å². The molecule has 1 aliphatic heterocycles. The quantitative estimate of drug-likeness (QED) is 0.909. The van der Waals surface area contributed by atoms with Gasteiger partial charge in [-0.15, -0.1) is 0 Å². The number of halogens is 1. The first-order valence-corrected chi connectivity index (χ1v) is 7.85. The van der Waals surface area contributed by atoms with Crippen LogP contribution in [0.25, 0.3) is 0 Å². The number of aryl methyl sites for hydroxylation is 1. The molecule has 1 aromatic rings. The standard InChI is InChI=1S/C16H24ClN3O/c1-12-3-4-14(11-15(12)17)20-9-5-13(6-10-20)19(2)8-7-16(18)21/h3-4,11,13H,5-10H2,1-2H3,(H2,18,21). The minimum absolute atomic E-state index is 0.228. The third-order valence-corrected chi connectivity index (χ3v) is 4.73. The third-order valence-electron chi connectivity index (χ3n) is 4.32. The number of hydrogen-bond acceptors (Lipinski definition) is 3. The van der Waals surface area contributed by atoms with Crippen LogP contribution >= 0.6 is 11.6 Å². The summed E-state index contributed by atoms with van der Waals surface area (Å²) in [5.74, 6) is -0.228. The van der Waals surface area contributed by atoms with Crippen LogP contribution in [0, 0.1) is 6.92 Å². The van der Waals surface area contributed by atoms with E-state index in [0.717, 1.165) is 43.1 Å². The molecule has 1 heterocycles. The maximum absolute atomic E-state index is 10.9. The Bertz CT molecular complexity index is 498. The summed E-state index contributed by atoms with van der Waals surface area (Å²) in [5, 5.41) is 0.827. The molecule has 5 heteroatoms. The molecule has 0 aromatic heterocycles. The van der Waals surface area contributed by atoms with Gasteiger partial charge in [0, 0.05) is 42.8 Å². The summed E-state index contributed by atoms with van der Waals surface area (Å²) < 4.78 is 0. The normalized spacial score (nSPS) is 16.5. The minimum Gasteiger partial charge on any atom is -0.371 e. The van der Waals surface area contributed by atoms with Gasteiger partial charge in [0.2, 0.25) is 5.91 Å². The van der Waals surface area contributed by atoms with E-state index in [0.29, 0.717) is 12.5 Å². The second kappa shape index (κ2) is 7.14. The van der Waals surface area contributed by atoms with Crippen molar-refractivity contribution in [2.45, 2.75) is 32.2 Å². The Kier molecular flexibility index (Phi) is 5.48. The monoisotopic (exact) mass is 309 g/mol. The molecule has 1 amide bonds. The van der Waals surface area contributed by atoms with Crippen LogP contribution in [0.4, 0.5) is 5.69 Å². The second-order valence-corrected chi connectivity index (χ2v) is 6.26. The summed E-state index contributed by atoms with van der Waals surface area (Å²) in [7, 11) is 2.08. The van der Waals surface area contributed by atoms with Crippen molar-refractivity contribution in [2.75, 3.05) is 31.6 Å². The number of carbonyl (C=O) groups is 1. The van der Waals surface area contributed by atoms with E-state index >= 15 is 0 Å². The van der Waals surface area contributed by atoms with Crippen LogP contribution in [-0.4, -0.2) is 43.5 Å². The highest BCUT2D eigenvalue weighted by atomic mass is 35.5. The van der Waals surface area contributed by atoms with Crippen molar-refractivity contribution in [3.05, 3.63) is 28.8 Å². The zero-order valence-electron chi connectivity index (χ0n) is 12.8. The molecule has 0 unspecified atom stereocenters. The number of carbonyl (C=O) groups excluding carboxylic acids is 1. The van der Waals surface area contributed by atoms with Gasteiger partial charge in [-0.1, -0.05) is 17.7 Å². The third kappa shape index (κ3) is 4.35. The molecule has 0 radical (unpaired) electrons. The number of anilines is 1. The molecular weight excluding hydrogens is 286 g/mol. The lowest BCUT2D eigenvalue weighted by atomic mass is 10.0. The van der Waals surface area contributed by atoms with E-state index in [-0.39, 0.29) is 5.91 Å². The van der Waals surface area contributed by atoms with Gasteiger partial charge in [0.05, 0.1) is 0 Å². The van der Waals surface area contributed by atoms with Crippen LogP contribution in [0.15, 0.2) is 18.2 Å². The van der Waals surface area contributed by atoms with E-state index in [1.54, 1.807) is 0 Å². The number of nitrogens with two attached hydrogens (primary N) is 1. The Balaban J connectivity index is 1.87. The molecule has 1 aliphatic rings. The predicted octanol–water partition coefficient (Wildman–Crippen LogP) is 2.42. The fraction of sp³-hybridized carbons (Fsp3) is 0.562. The van der Waals surface area contributed by atoms with E-state index in [9.17, 15) is 4.79 Å². The average Bonchev–Trinajstić information content (AvgIpc) is 2.48. The van der Waals surface area contributed by atoms with Crippen LogP contribution in [0.2, 0.25) is 5.02 Å². The Morgan fingerprint density at radius 3 is 2.67 bits per heavy atom. The van der Waals surface area contributed by atoms with Gasteiger partial charge in [0.1, 0.15) is 0 Å². The van der Waals surface area contributed by atoms with Crippen LogP contribution in [-0.2, 0) is 4.79 Å². The molecule has 116 valence electrons. The van der Waals surface area contributed by atoms with Crippen LogP contribution < -0.4 is 10.6 Å². The number of rotatable bonds is 5. The summed E-state index contributed by atoms with van der Waals surface area (Å²) in [6.45, 7) is 4.80. The van der Waals surface area contributed by atoms with E-state index in [2.05, 4.69) is 29.0 Å². The zero-order chi connectivity index (χ0) is 15.4. The number of benzene rings is 1. The van der Waals surface area contributed by atoms with Gasteiger partial charge in [0.25, 0.3) is 0 Å². The van der Waals surface area contributed by atoms with Crippen molar-refractivity contribution in [3.63, 3.8) is 0 Å². The smallest absolute Gasteiger partial charge is 0.218 e.